The van der Waals surface area contributed by atoms with Gasteiger partial charge in [0, 0.05) is 0 Å². The number of para-hydroxylation sites is 1. The molecule has 0 saturated carbocycles. The number of rotatable bonds is 6. The van der Waals surface area contributed by atoms with Gasteiger partial charge >= 0.3 is 5.97 Å². The molecule has 5 heteroatoms. The molecule has 2 aromatic rings. The third-order valence-corrected chi connectivity index (χ3v) is 3.34. The van der Waals surface area contributed by atoms with Crippen molar-refractivity contribution in [2.24, 2.45) is 0 Å². The van der Waals surface area contributed by atoms with E-state index in [1.54, 1.807) is 24.3 Å². The van der Waals surface area contributed by atoms with Crippen molar-refractivity contribution in [1.82, 2.24) is 5.32 Å². The number of benzene rings is 2. The zero-order valence-electron chi connectivity index (χ0n) is 13.1. The van der Waals surface area contributed by atoms with Crippen molar-refractivity contribution in [1.29, 1.82) is 0 Å². The first-order valence-corrected chi connectivity index (χ1v) is 7.26. The normalized spacial score (nSPS) is 11.4. The number of hydrogen-bond acceptors (Lipinski definition) is 4. The highest BCUT2D eigenvalue weighted by molar-refractivity contribution is 5.94. The fraction of sp³-hybridized carbons (Fsp3) is 0.222. The van der Waals surface area contributed by atoms with Crippen LogP contribution in [0, 0.1) is 0 Å². The molecule has 0 radical (unpaired) electrons. The van der Waals surface area contributed by atoms with E-state index in [0.29, 0.717) is 11.3 Å². The van der Waals surface area contributed by atoms with Crippen LogP contribution in [0.15, 0.2) is 54.6 Å². The van der Waals surface area contributed by atoms with Gasteiger partial charge in [0.15, 0.2) is 6.61 Å². The monoisotopic (exact) mass is 313 g/mol. The lowest BCUT2D eigenvalue weighted by Crippen LogP contribution is -2.31. The Kier molecular flexibility index (Phi) is 5.74. The molecular formula is C18H19NO4. The van der Waals surface area contributed by atoms with Gasteiger partial charge in [-0.1, -0.05) is 42.5 Å². The third-order valence-electron chi connectivity index (χ3n) is 3.34. The van der Waals surface area contributed by atoms with Crippen molar-refractivity contribution in [3.8, 4) is 5.75 Å². The topological polar surface area (TPSA) is 64.6 Å². The summed E-state index contributed by atoms with van der Waals surface area (Å²) in [5, 5.41) is 2.78. The molecule has 5 nitrogen and oxygen atoms in total. The molecule has 0 aliphatic carbocycles. The van der Waals surface area contributed by atoms with Crippen LogP contribution in [0.2, 0.25) is 0 Å². The largest absolute Gasteiger partial charge is 0.496 e. The molecule has 0 unspecified atom stereocenters. The maximum absolute atomic E-state index is 12.0. The third kappa shape index (κ3) is 4.57. The fourth-order valence-electron chi connectivity index (χ4n) is 2.13. The van der Waals surface area contributed by atoms with Crippen LogP contribution in [0.1, 0.15) is 28.9 Å². The smallest absolute Gasteiger partial charge is 0.342 e. The van der Waals surface area contributed by atoms with Gasteiger partial charge < -0.3 is 14.8 Å². The highest BCUT2D eigenvalue weighted by Gasteiger charge is 2.15. The molecule has 0 aromatic heterocycles. The predicted molar refractivity (Wildman–Crippen MR) is 86.3 cm³/mol. The number of ether oxygens (including phenoxy) is 2. The van der Waals surface area contributed by atoms with Crippen LogP contribution in [0.3, 0.4) is 0 Å². The van der Waals surface area contributed by atoms with Crippen LogP contribution in [-0.4, -0.2) is 25.6 Å². The number of carbonyl (C=O) groups excluding carboxylic acids is 2. The summed E-state index contributed by atoms with van der Waals surface area (Å²) < 4.78 is 10.1. The van der Waals surface area contributed by atoms with Gasteiger partial charge in [0.05, 0.1) is 13.2 Å². The Morgan fingerprint density at radius 2 is 1.70 bits per heavy atom. The van der Waals surface area contributed by atoms with Crippen molar-refractivity contribution in [3.05, 3.63) is 65.7 Å². The van der Waals surface area contributed by atoms with Crippen LogP contribution in [0.5, 0.6) is 5.75 Å². The fourth-order valence-corrected chi connectivity index (χ4v) is 2.13. The van der Waals surface area contributed by atoms with Gasteiger partial charge in [0.2, 0.25) is 0 Å². The minimum atomic E-state index is -0.593. The van der Waals surface area contributed by atoms with E-state index in [-0.39, 0.29) is 18.6 Å². The van der Waals surface area contributed by atoms with Crippen LogP contribution in [-0.2, 0) is 9.53 Å². The number of esters is 1. The summed E-state index contributed by atoms with van der Waals surface area (Å²) in [5.74, 6) is -0.537. The van der Waals surface area contributed by atoms with E-state index in [1.807, 2.05) is 37.3 Å². The minimum absolute atomic E-state index is 0.159. The Morgan fingerprint density at radius 1 is 1.04 bits per heavy atom. The van der Waals surface area contributed by atoms with Gasteiger partial charge in [0.1, 0.15) is 11.3 Å². The molecule has 2 aromatic carbocycles. The first-order valence-electron chi connectivity index (χ1n) is 7.26. The van der Waals surface area contributed by atoms with Gasteiger partial charge in [-0.25, -0.2) is 4.79 Å². The zero-order chi connectivity index (χ0) is 16.7. The van der Waals surface area contributed by atoms with E-state index in [0.717, 1.165) is 5.56 Å². The van der Waals surface area contributed by atoms with E-state index < -0.39 is 5.97 Å². The quantitative estimate of drug-likeness (QED) is 0.833. The second kappa shape index (κ2) is 7.98. The summed E-state index contributed by atoms with van der Waals surface area (Å²) in [6, 6.07) is 16.1. The van der Waals surface area contributed by atoms with E-state index in [2.05, 4.69) is 5.32 Å². The van der Waals surface area contributed by atoms with Crippen molar-refractivity contribution in [3.63, 3.8) is 0 Å². The SMILES string of the molecule is COc1ccccc1C(=O)OCC(=O)N[C@@H](C)c1ccccc1. The molecule has 0 heterocycles. The Balaban J connectivity index is 1.88. The number of nitrogens with one attached hydrogen (secondary N) is 1. The van der Waals surface area contributed by atoms with Gasteiger partial charge in [-0.15, -0.1) is 0 Å². The van der Waals surface area contributed by atoms with E-state index in [1.165, 1.54) is 7.11 Å². The van der Waals surface area contributed by atoms with Crippen LogP contribution in [0.4, 0.5) is 0 Å². The van der Waals surface area contributed by atoms with Crippen LogP contribution in [0.25, 0.3) is 0 Å². The van der Waals surface area contributed by atoms with E-state index >= 15 is 0 Å². The van der Waals surface area contributed by atoms with Crippen molar-refractivity contribution < 1.29 is 19.1 Å². The van der Waals surface area contributed by atoms with Gasteiger partial charge in [-0.3, -0.25) is 4.79 Å². The number of methoxy groups -OCH3 is 1. The van der Waals surface area contributed by atoms with Gasteiger partial charge in [-0.05, 0) is 24.6 Å². The molecule has 2 rings (SSSR count). The molecule has 0 bridgehead atoms. The summed E-state index contributed by atoms with van der Waals surface area (Å²) in [6.45, 7) is 1.53. The Bertz CT molecular complexity index is 670. The van der Waals surface area contributed by atoms with E-state index in [9.17, 15) is 9.59 Å². The molecule has 0 fully saturated rings. The Morgan fingerprint density at radius 3 is 2.39 bits per heavy atom. The average Bonchev–Trinajstić information content (AvgIpc) is 2.60. The van der Waals surface area contributed by atoms with E-state index in [4.69, 9.17) is 9.47 Å². The first-order chi connectivity index (χ1) is 11.1. The summed E-state index contributed by atoms with van der Waals surface area (Å²) in [4.78, 5) is 23.9. The molecule has 23 heavy (non-hydrogen) atoms. The Labute approximate surface area is 135 Å². The Hall–Kier alpha value is -2.82. The van der Waals surface area contributed by atoms with Gasteiger partial charge in [-0.2, -0.15) is 0 Å². The molecule has 120 valence electrons. The summed E-state index contributed by atoms with van der Waals surface area (Å²) in [5.41, 5.74) is 1.27. The molecule has 0 aliphatic heterocycles. The van der Waals surface area contributed by atoms with Crippen molar-refractivity contribution >= 4 is 11.9 Å². The van der Waals surface area contributed by atoms with Gasteiger partial charge in [0.25, 0.3) is 5.91 Å². The molecule has 0 saturated heterocycles. The summed E-state index contributed by atoms with van der Waals surface area (Å²) in [7, 11) is 1.47. The molecule has 0 aliphatic rings. The maximum atomic E-state index is 12.0. The van der Waals surface area contributed by atoms with Crippen LogP contribution >= 0.6 is 0 Å². The van der Waals surface area contributed by atoms with Crippen LogP contribution < -0.4 is 10.1 Å². The van der Waals surface area contributed by atoms with Crippen molar-refractivity contribution in [2.45, 2.75) is 13.0 Å². The molecule has 1 atom stereocenters. The number of hydrogen-bond donors (Lipinski definition) is 1. The number of carbonyl (C=O) groups is 2. The minimum Gasteiger partial charge on any atom is -0.496 e. The lowest BCUT2D eigenvalue weighted by atomic mass is 10.1. The summed E-state index contributed by atoms with van der Waals surface area (Å²) >= 11 is 0. The van der Waals surface area contributed by atoms with Crippen molar-refractivity contribution in [2.75, 3.05) is 13.7 Å². The highest BCUT2D eigenvalue weighted by atomic mass is 16.5. The first kappa shape index (κ1) is 16.5. The standard InChI is InChI=1S/C18H19NO4/c1-13(14-8-4-3-5-9-14)19-17(20)12-23-18(21)15-10-6-7-11-16(15)22-2/h3-11,13H,12H2,1-2H3,(H,19,20)/t13-/m0/s1. The molecule has 0 spiro atoms. The maximum Gasteiger partial charge on any atom is 0.342 e. The lowest BCUT2D eigenvalue weighted by molar-refractivity contribution is -0.124. The average molecular weight is 313 g/mol. The second-order valence-electron chi connectivity index (χ2n) is 4.98. The lowest BCUT2D eigenvalue weighted by Gasteiger charge is -2.14. The molecular weight excluding hydrogens is 294 g/mol. The second-order valence-corrected chi connectivity index (χ2v) is 4.98. The molecule has 1 N–H and O–H groups in total. The summed E-state index contributed by atoms with van der Waals surface area (Å²) in [6.07, 6.45) is 0. The molecule has 1 amide bonds. The highest BCUT2D eigenvalue weighted by Crippen LogP contribution is 2.18. The predicted octanol–water partition coefficient (Wildman–Crippen LogP) is 2.73. The zero-order valence-corrected chi connectivity index (χ0v) is 13.1. The number of amides is 1.